The summed E-state index contributed by atoms with van der Waals surface area (Å²) in [4.78, 5) is 13.8. The van der Waals surface area contributed by atoms with E-state index in [4.69, 9.17) is 0 Å². The molecule has 94 valence electrons. The number of nitrogens with zero attached hydrogens (tertiary/aromatic N) is 2. The number of rotatable bonds is 2. The van der Waals surface area contributed by atoms with E-state index in [1.54, 1.807) is 6.07 Å². The molecule has 1 aliphatic rings. The summed E-state index contributed by atoms with van der Waals surface area (Å²) in [6.07, 6.45) is 1.84. The van der Waals surface area contributed by atoms with Crippen LogP contribution in [0.2, 0.25) is 0 Å². The Balaban J connectivity index is 1.82. The summed E-state index contributed by atoms with van der Waals surface area (Å²) >= 11 is 0. The summed E-state index contributed by atoms with van der Waals surface area (Å²) < 4.78 is 15.0. The van der Waals surface area contributed by atoms with Gasteiger partial charge in [0.2, 0.25) is 5.91 Å². The van der Waals surface area contributed by atoms with Gasteiger partial charge in [-0.3, -0.25) is 4.79 Å². The van der Waals surface area contributed by atoms with Gasteiger partial charge in [-0.05, 0) is 35.6 Å². The zero-order valence-corrected chi connectivity index (χ0v) is 10.3. The second-order valence-electron chi connectivity index (χ2n) is 5.05. The van der Waals surface area contributed by atoms with Crippen molar-refractivity contribution >= 4 is 16.8 Å². The van der Waals surface area contributed by atoms with E-state index in [9.17, 15) is 9.18 Å². The van der Waals surface area contributed by atoms with Gasteiger partial charge in [-0.15, -0.1) is 0 Å². The molecule has 0 atom stereocenters. The first-order valence-corrected chi connectivity index (χ1v) is 6.15. The van der Waals surface area contributed by atoms with Crippen molar-refractivity contribution in [2.45, 2.75) is 13.5 Å². The lowest BCUT2D eigenvalue weighted by atomic mass is 10.0. The maximum atomic E-state index is 13.2. The Hall–Kier alpha value is -1.84. The fraction of sp³-hybridized carbons (Fsp3) is 0.357. The van der Waals surface area contributed by atoms with Crippen LogP contribution in [0.25, 0.3) is 10.9 Å². The monoisotopic (exact) mass is 246 g/mol. The van der Waals surface area contributed by atoms with Gasteiger partial charge in [-0.25, -0.2) is 4.39 Å². The summed E-state index contributed by atoms with van der Waals surface area (Å²) in [6.45, 7) is 4.10. The summed E-state index contributed by atoms with van der Waals surface area (Å²) in [5.74, 6) is 0.440. The molecule has 0 unspecified atom stereocenters. The van der Waals surface area contributed by atoms with Gasteiger partial charge in [-0.1, -0.05) is 6.92 Å². The summed E-state index contributed by atoms with van der Waals surface area (Å²) in [5.41, 5.74) is 0.775. The van der Waals surface area contributed by atoms with Gasteiger partial charge < -0.3 is 9.47 Å². The molecule has 1 amide bonds. The highest BCUT2D eigenvalue weighted by molar-refractivity contribution is 5.83. The SMILES string of the molecule is CC1CN(C(=O)Cn2ccc3ccc(F)cc32)C1. The second-order valence-corrected chi connectivity index (χ2v) is 5.05. The highest BCUT2D eigenvalue weighted by Crippen LogP contribution is 2.19. The van der Waals surface area contributed by atoms with Crippen LogP contribution in [0.4, 0.5) is 4.39 Å². The summed E-state index contributed by atoms with van der Waals surface area (Å²) in [7, 11) is 0. The summed E-state index contributed by atoms with van der Waals surface area (Å²) in [5, 5.41) is 0.959. The quantitative estimate of drug-likeness (QED) is 0.798. The molecular formula is C14H15FN2O. The van der Waals surface area contributed by atoms with Crippen LogP contribution in [-0.2, 0) is 11.3 Å². The highest BCUT2D eigenvalue weighted by Gasteiger charge is 2.26. The molecule has 0 aliphatic carbocycles. The zero-order valence-electron chi connectivity index (χ0n) is 10.3. The number of amides is 1. The number of fused-ring (bicyclic) bond motifs is 1. The molecule has 0 bridgehead atoms. The molecule has 2 heterocycles. The van der Waals surface area contributed by atoms with Gasteiger partial charge in [0.25, 0.3) is 0 Å². The van der Waals surface area contributed by atoms with E-state index in [1.807, 2.05) is 21.7 Å². The van der Waals surface area contributed by atoms with Crippen molar-refractivity contribution in [3.05, 3.63) is 36.3 Å². The summed E-state index contributed by atoms with van der Waals surface area (Å²) in [6, 6.07) is 6.55. The molecule has 1 aliphatic heterocycles. The van der Waals surface area contributed by atoms with Gasteiger partial charge in [0.15, 0.2) is 0 Å². The molecule has 18 heavy (non-hydrogen) atoms. The van der Waals surface area contributed by atoms with E-state index in [1.165, 1.54) is 12.1 Å². The van der Waals surface area contributed by atoms with Gasteiger partial charge in [0, 0.05) is 19.3 Å². The van der Waals surface area contributed by atoms with Gasteiger partial charge in [0.05, 0.1) is 5.52 Å². The molecule has 3 nitrogen and oxygen atoms in total. The van der Waals surface area contributed by atoms with Crippen LogP contribution in [0.15, 0.2) is 30.5 Å². The van der Waals surface area contributed by atoms with Crippen LogP contribution in [0.3, 0.4) is 0 Å². The van der Waals surface area contributed by atoms with Crippen LogP contribution in [0.1, 0.15) is 6.92 Å². The topological polar surface area (TPSA) is 25.2 Å². The van der Waals surface area contributed by atoms with Crippen LogP contribution >= 0.6 is 0 Å². The predicted molar refractivity (Wildman–Crippen MR) is 67.6 cm³/mol. The highest BCUT2D eigenvalue weighted by atomic mass is 19.1. The minimum Gasteiger partial charge on any atom is -0.340 e. The molecule has 1 aromatic heterocycles. The maximum absolute atomic E-state index is 13.2. The fourth-order valence-corrected chi connectivity index (χ4v) is 2.44. The van der Waals surface area contributed by atoms with Crippen molar-refractivity contribution in [1.29, 1.82) is 0 Å². The zero-order chi connectivity index (χ0) is 12.7. The molecule has 1 fully saturated rings. The lowest BCUT2D eigenvalue weighted by Gasteiger charge is -2.37. The van der Waals surface area contributed by atoms with Crippen LogP contribution in [0, 0.1) is 11.7 Å². The Labute approximate surface area is 105 Å². The van der Waals surface area contributed by atoms with E-state index in [-0.39, 0.29) is 11.7 Å². The normalized spacial score (nSPS) is 16.0. The third kappa shape index (κ3) is 1.88. The number of carbonyl (C=O) groups excluding carboxylic acids is 1. The van der Waals surface area contributed by atoms with Crippen molar-refractivity contribution in [1.82, 2.24) is 9.47 Å². The largest absolute Gasteiger partial charge is 0.340 e. The fourth-order valence-electron chi connectivity index (χ4n) is 2.44. The lowest BCUT2D eigenvalue weighted by molar-refractivity contribution is -0.137. The van der Waals surface area contributed by atoms with Crippen molar-refractivity contribution in [3.8, 4) is 0 Å². The Morgan fingerprint density at radius 3 is 2.89 bits per heavy atom. The molecule has 0 saturated carbocycles. The molecule has 2 aromatic rings. The Morgan fingerprint density at radius 1 is 1.39 bits per heavy atom. The van der Waals surface area contributed by atoms with Gasteiger partial charge >= 0.3 is 0 Å². The Bertz CT molecular complexity index is 599. The van der Waals surface area contributed by atoms with E-state index < -0.39 is 0 Å². The number of hydrogen-bond acceptors (Lipinski definition) is 1. The van der Waals surface area contributed by atoms with Crippen LogP contribution < -0.4 is 0 Å². The maximum Gasteiger partial charge on any atom is 0.242 e. The number of carbonyl (C=O) groups is 1. The molecule has 1 saturated heterocycles. The van der Waals surface area contributed by atoms with Crippen LogP contribution in [0.5, 0.6) is 0 Å². The minimum atomic E-state index is -0.271. The van der Waals surface area contributed by atoms with Crippen molar-refractivity contribution in [3.63, 3.8) is 0 Å². The number of halogens is 1. The number of hydrogen-bond donors (Lipinski definition) is 0. The number of aromatic nitrogens is 1. The smallest absolute Gasteiger partial charge is 0.242 e. The average molecular weight is 246 g/mol. The first kappa shape index (κ1) is 11.3. The molecule has 0 N–H and O–H groups in total. The van der Waals surface area contributed by atoms with Crippen molar-refractivity contribution in [2.24, 2.45) is 5.92 Å². The predicted octanol–water partition coefficient (Wildman–Crippen LogP) is 2.26. The molecule has 1 aromatic carbocycles. The minimum absolute atomic E-state index is 0.106. The first-order chi connectivity index (χ1) is 8.63. The molecule has 0 spiro atoms. The van der Waals surface area contributed by atoms with Crippen molar-refractivity contribution in [2.75, 3.05) is 13.1 Å². The second kappa shape index (κ2) is 4.12. The standard InChI is InChI=1S/C14H15FN2O/c1-10-7-17(8-10)14(18)9-16-5-4-11-2-3-12(15)6-13(11)16/h2-6,10H,7-9H2,1H3. The van der Waals surface area contributed by atoms with Gasteiger partial charge in [-0.2, -0.15) is 0 Å². The Kier molecular flexibility index (Phi) is 2.58. The molecule has 3 rings (SSSR count). The van der Waals surface area contributed by atoms with Crippen molar-refractivity contribution < 1.29 is 9.18 Å². The lowest BCUT2D eigenvalue weighted by Crippen LogP contribution is -2.49. The molecular weight excluding hydrogens is 231 g/mol. The molecule has 4 heteroatoms. The molecule has 0 radical (unpaired) electrons. The van der Waals surface area contributed by atoms with E-state index >= 15 is 0 Å². The third-order valence-electron chi connectivity index (χ3n) is 3.46. The average Bonchev–Trinajstić information content (AvgIpc) is 2.68. The Morgan fingerprint density at radius 2 is 2.17 bits per heavy atom. The first-order valence-electron chi connectivity index (χ1n) is 6.15. The third-order valence-corrected chi connectivity index (χ3v) is 3.46. The van der Waals surface area contributed by atoms with E-state index in [0.717, 1.165) is 24.0 Å². The van der Waals surface area contributed by atoms with E-state index in [0.29, 0.717) is 12.5 Å². The number of benzene rings is 1. The van der Waals surface area contributed by atoms with Gasteiger partial charge in [0.1, 0.15) is 12.4 Å². The van der Waals surface area contributed by atoms with E-state index in [2.05, 4.69) is 6.92 Å². The number of likely N-dealkylation sites (tertiary alicyclic amines) is 1. The van der Waals surface area contributed by atoms with Crippen LogP contribution in [-0.4, -0.2) is 28.5 Å².